The zero-order valence-electron chi connectivity index (χ0n) is 18.1. The van der Waals surface area contributed by atoms with Crippen molar-refractivity contribution in [3.63, 3.8) is 0 Å². The number of amides is 1. The van der Waals surface area contributed by atoms with Gasteiger partial charge in [-0.25, -0.2) is 8.42 Å². The molecule has 0 radical (unpaired) electrons. The normalized spacial score (nSPS) is 14.9. The number of nitrogens with zero attached hydrogens (tertiary/aromatic N) is 3. The largest absolute Gasteiger partial charge is 0.319 e. The van der Waals surface area contributed by atoms with Gasteiger partial charge in [-0.2, -0.15) is 9.40 Å². The van der Waals surface area contributed by atoms with Crippen molar-refractivity contribution in [2.45, 2.75) is 63.8 Å². The van der Waals surface area contributed by atoms with Gasteiger partial charge in [0, 0.05) is 19.0 Å². The molecule has 9 heteroatoms. The Morgan fingerprint density at radius 2 is 1.87 bits per heavy atom. The molecule has 0 atom stereocenters. The van der Waals surface area contributed by atoms with Crippen LogP contribution in [0.2, 0.25) is 5.02 Å². The Morgan fingerprint density at radius 3 is 2.40 bits per heavy atom. The Bertz CT molecular complexity index is 1050. The molecule has 30 heavy (non-hydrogen) atoms. The maximum absolute atomic E-state index is 13.1. The number of carbonyl (C=O) groups is 1. The number of anilines is 1. The molecule has 0 saturated heterocycles. The lowest BCUT2D eigenvalue weighted by atomic mass is 10.1. The van der Waals surface area contributed by atoms with Crippen LogP contribution in [-0.2, 0) is 15.6 Å². The smallest absolute Gasteiger partial charge is 0.274 e. The SMILES string of the molecule is CCN(CC)S(=O)(=O)c1ccc(Cl)c(NC(=O)c2cc(C3CC3)nn2C(C)(C)C)c1. The second kappa shape index (κ2) is 8.32. The molecule has 1 aromatic carbocycles. The van der Waals surface area contributed by atoms with Gasteiger partial charge < -0.3 is 5.32 Å². The standard InChI is InChI=1S/C21H29ClN4O3S/c1-6-25(7-2)30(28,29)15-10-11-16(22)18(12-15)23-20(27)19-13-17(14-8-9-14)24-26(19)21(3,4)5/h10-14H,6-9H2,1-5H3,(H,23,27). The van der Waals surface area contributed by atoms with Crippen molar-refractivity contribution in [2.24, 2.45) is 0 Å². The summed E-state index contributed by atoms with van der Waals surface area (Å²) in [5, 5.41) is 7.71. The second-order valence-corrected chi connectivity index (χ2v) is 10.8. The second-order valence-electron chi connectivity index (χ2n) is 8.50. The van der Waals surface area contributed by atoms with Gasteiger partial charge in [-0.05, 0) is 57.9 Å². The highest BCUT2D eigenvalue weighted by Gasteiger charge is 2.31. The van der Waals surface area contributed by atoms with Gasteiger partial charge in [0.2, 0.25) is 10.0 Å². The summed E-state index contributed by atoms with van der Waals surface area (Å²) in [4.78, 5) is 13.2. The maximum Gasteiger partial charge on any atom is 0.274 e. The van der Waals surface area contributed by atoms with Crippen molar-refractivity contribution in [2.75, 3.05) is 18.4 Å². The number of benzene rings is 1. The number of hydrogen-bond acceptors (Lipinski definition) is 4. The molecule has 0 bridgehead atoms. The van der Waals surface area contributed by atoms with E-state index in [2.05, 4.69) is 10.4 Å². The fourth-order valence-corrected chi connectivity index (χ4v) is 4.96. The summed E-state index contributed by atoms with van der Waals surface area (Å²) < 4.78 is 28.8. The molecule has 7 nitrogen and oxygen atoms in total. The molecule has 0 unspecified atom stereocenters. The highest BCUT2D eigenvalue weighted by molar-refractivity contribution is 7.89. The summed E-state index contributed by atoms with van der Waals surface area (Å²) in [7, 11) is -3.67. The number of hydrogen-bond donors (Lipinski definition) is 1. The predicted molar refractivity (Wildman–Crippen MR) is 119 cm³/mol. The number of aromatic nitrogens is 2. The zero-order valence-corrected chi connectivity index (χ0v) is 19.6. The van der Waals surface area contributed by atoms with Crippen LogP contribution >= 0.6 is 11.6 Å². The van der Waals surface area contributed by atoms with Crippen molar-refractivity contribution in [1.29, 1.82) is 0 Å². The highest BCUT2D eigenvalue weighted by atomic mass is 35.5. The fourth-order valence-electron chi connectivity index (χ4n) is 3.31. The van der Waals surface area contributed by atoms with Crippen molar-refractivity contribution < 1.29 is 13.2 Å². The number of sulfonamides is 1. The summed E-state index contributed by atoms with van der Waals surface area (Å²) >= 11 is 6.27. The molecule has 164 valence electrons. The summed E-state index contributed by atoms with van der Waals surface area (Å²) in [6.45, 7) is 10.2. The summed E-state index contributed by atoms with van der Waals surface area (Å²) in [5.41, 5.74) is 1.22. The summed E-state index contributed by atoms with van der Waals surface area (Å²) in [6.07, 6.45) is 2.17. The topological polar surface area (TPSA) is 84.3 Å². The molecule has 1 amide bonds. The first-order chi connectivity index (χ1) is 14.0. The molecule has 1 aromatic heterocycles. The van der Waals surface area contributed by atoms with Gasteiger partial charge in [-0.3, -0.25) is 9.48 Å². The first kappa shape index (κ1) is 22.8. The van der Waals surface area contributed by atoms with Crippen LogP contribution in [0.15, 0.2) is 29.2 Å². The van der Waals surface area contributed by atoms with Gasteiger partial charge in [-0.15, -0.1) is 0 Å². The van der Waals surface area contributed by atoms with E-state index in [0.29, 0.717) is 24.7 Å². The van der Waals surface area contributed by atoms with Gasteiger partial charge in [0.25, 0.3) is 5.91 Å². The van der Waals surface area contributed by atoms with E-state index in [1.54, 1.807) is 18.5 Å². The van der Waals surface area contributed by atoms with Crippen LogP contribution in [0.4, 0.5) is 5.69 Å². The summed E-state index contributed by atoms with van der Waals surface area (Å²) in [5.74, 6) is 0.0369. The Hall–Kier alpha value is -1.90. The lowest BCUT2D eigenvalue weighted by Gasteiger charge is -2.22. The van der Waals surface area contributed by atoms with Crippen LogP contribution in [-0.4, -0.2) is 41.5 Å². The molecule has 0 aliphatic heterocycles. The van der Waals surface area contributed by atoms with E-state index in [9.17, 15) is 13.2 Å². The van der Waals surface area contributed by atoms with Crippen LogP contribution in [0.1, 0.15) is 69.6 Å². The van der Waals surface area contributed by atoms with E-state index in [4.69, 9.17) is 11.6 Å². The Kier molecular flexibility index (Phi) is 6.32. The summed E-state index contributed by atoms with van der Waals surface area (Å²) in [6, 6.07) is 6.18. The average Bonchev–Trinajstić information content (AvgIpc) is 3.40. The third-order valence-electron chi connectivity index (χ3n) is 5.12. The molecule has 1 aliphatic carbocycles. The molecule has 1 N–H and O–H groups in total. The lowest BCUT2D eigenvalue weighted by Crippen LogP contribution is -2.31. The van der Waals surface area contributed by atoms with Crippen molar-refractivity contribution in [3.05, 3.63) is 40.7 Å². The van der Waals surface area contributed by atoms with Crippen LogP contribution in [0, 0.1) is 0 Å². The molecule has 3 rings (SSSR count). The molecule has 1 aliphatic rings. The van der Waals surface area contributed by atoms with Crippen molar-refractivity contribution >= 4 is 33.2 Å². The maximum atomic E-state index is 13.1. The van der Waals surface area contributed by atoms with Gasteiger partial charge >= 0.3 is 0 Å². The first-order valence-electron chi connectivity index (χ1n) is 10.2. The molecule has 0 spiro atoms. The van der Waals surface area contributed by atoms with Gasteiger partial charge in [-0.1, -0.05) is 25.4 Å². The Morgan fingerprint density at radius 1 is 1.23 bits per heavy atom. The van der Waals surface area contributed by atoms with Crippen LogP contribution < -0.4 is 5.32 Å². The van der Waals surface area contributed by atoms with E-state index in [1.807, 2.05) is 26.8 Å². The molecule has 1 saturated carbocycles. The van der Waals surface area contributed by atoms with E-state index >= 15 is 0 Å². The predicted octanol–water partition coefficient (Wildman–Crippen LogP) is 4.45. The highest BCUT2D eigenvalue weighted by Crippen LogP contribution is 2.40. The van der Waals surface area contributed by atoms with Gasteiger partial charge in [0.05, 0.1) is 26.8 Å². The monoisotopic (exact) mass is 452 g/mol. The molecular weight excluding hydrogens is 424 g/mol. The van der Waals surface area contributed by atoms with E-state index in [0.717, 1.165) is 18.5 Å². The number of rotatable bonds is 7. The third-order valence-corrected chi connectivity index (χ3v) is 7.50. The van der Waals surface area contributed by atoms with Gasteiger partial charge in [0.15, 0.2) is 0 Å². The lowest BCUT2D eigenvalue weighted by molar-refractivity contribution is 0.100. The number of nitrogens with one attached hydrogen (secondary N) is 1. The third kappa shape index (κ3) is 4.55. The first-order valence-corrected chi connectivity index (χ1v) is 12.0. The molecule has 2 aromatic rings. The minimum absolute atomic E-state index is 0.0916. The van der Waals surface area contributed by atoms with Crippen molar-refractivity contribution in [3.8, 4) is 0 Å². The molecule has 1 fully saturated rings. The number of carbonyl (C=O) groups excluding carboxylic acids is 1. The average molecular weight is 453 g/mol. The zero-order chi connectivity index (χ0) is 22.3. The van der Waals surface area contributed by atoms with Crippen LogP contribution in [0.25, 0.3) is 0 Å². The Balaban J connectivity index is 1.95. The number of halogens is 1. The molecule has 1 heterocycles. The fraction of sp³-hybridized carbons (Fsp3) is 0.524. The van der Waals surface area contributed by atoms with E-state index in [-0.39, 0.29) is 27.1 Å². The minimum Gasteiger partial charge on any atom is -0.319 e. The Labute approximate surface area is 183 Å². The minimum atomic E-state index is -3.67. The van der Waals surface area contributed by atoms with Crippen molar-refractivity contribution in [1.82, 2.24) is 14.1 Å². The van der Waals surface area contributed by atoms with Crippen LogP contribution in [0.5, 0.6) is 0 Å². The van der Waals surface area contributed by atoms with Crippen LogP contribution in [0.3, 0.4) is 0 Å². The van der Waals surface area contributed by atoms with E-state index < -0.39 is 10.0 Å². The van der Waals surface area contributed by atoms with E-state index in [1.165, 1.54) is 22.5 Å². The quantitative estimate of drug-likeness (QED) is 0.672. The molecular formula is C21H29ClN4O3S. The van der Waals surface area contributed by atoms with Gasteiger partial charge in [0.1, 0.15) is 5.69 Å².